The maximum absolute atomic E-state index is 11.0. The number of carbonyl (C=O) groups is 1. The first-order valence-corrected chi connectivity index (χ1v) is 10.1. The monoisotopic (exact) mass is 386 g/mol. The predicted octanol–water partition coefficient (Wildman–Crippen LogP) is 2.66. The topological polar surface area (TPSA) is 78.4 Å². The third kappa shape index (κ3) is 5.20. The van der Waals surface area contributed by atoms with Gasteiger partial charge in [0.2, 0.25) is 0 Å². The molecule has 1 aromatic carbocycles. The smallest absolute Gasteiger partial charge is 0.190 e. The van der Waals surface area contributed by atoms with E-state index in [0.717, 1.165) is 23.6 Å². The number of aromatic carboxylic acids is 1. The van der Waals surface area contributed by atoms with Crippen LogP contribution in [0, 0.1) is 0 Å². The number of carboxylic acids is 1. The van der Waals surface area contributed by atoms with E-state index in [1.54, 1.807) is 19.2 Å². The number of methoxy groups -OCH3 is 1. The van der Waals surface area contributed by atoms with Gasteiger partial charge in [-0.25, -0.2) is 9.97 Å². The number of thioether (sulfide) groups is 1. The zero-order valence-corrected chi connectivity index (χ0v) is 16.5. The van der Waals surface area contributed by atoms with Crippen LogP contribution in [0.2, 0.25) is 0 Å². The van der Waals surface area contributed by atoms with Gasteiger partial charge in [0, 0.05) is 31.5 Å². The summed E-state index contributed by atoms with van der Waals surface area (Å²) in [6.45, 7) is 3.67. The maximum atomic E-state index is 11.0. The first-order chi connectivity index (χ1) is 13.1. The molecule has 1 aromatic heterocycles. The number of nitrogens with zero attached hydrogens (tertiary/aromatic N) is 3. The highest BCUT2D eigenvalue weighted by atomic mass is 32.2. The van der Waals surface area contributed by atoms with Gasteiger partial charge in [0.15, 0.2) is 5.16 Å². The predicted molar refractivity (Wildman–Crippen MR) is 104 cm³/mol. The van der Waals surface area contributed by atoms with E-state index >= 15 is 0 Å². The first-order valence-electron chi connectivity index (χ1n) is 9.13. The molecule has 1 aliphatic rings. The lowest BCUT2D eigenvalue weighted by atomic mass is 10.0. The Bertz CT molecular complexity index is 800. The lowest BCUT2D eigenvalue weighted by molar-refractivity contribution is -0.255. The Morgan fingerprint density at radius 3 is 2.93 bits per heavy atom. The highest BCUT2D eigenvalue weighted by Crippen LogP contribution is 2.27. The third-order valence-electron chi connectivity index (χ3n) is 4.67. The number of aromatic nitrogens is 2. The minimum Gasteiger partial charge on any atom is -0.545 e. The van der Waals surface area contributed by atoms with Crippen molar-refractivity contribution in [3.8, 4) is 0 Å². The van der Waals surface area contributed by atoms with Gasteiger partial charge in [-0.3, -0.25) is 0 Å². The maximum Gasteiger partial charge on any atom is 0.190 e. The number of anilines is 1. The molecule has 0 radical (unpaired) electrons. The number of hydrogen-bond acceptors (Lipinski definition) is 7. The summed E-state index contributed by atoms with van der Waals surface area (Å²) in [7, 11) is 1.66. The van der Waals surface area contributed by atoms with Crippen molar-refractivity contribution < 1.29 is 14.6 Å². The summed E-state index contributed by atoms with van der Waals surface area (Å²) in [6.07, 6.45) is 3.60. The number of carbonyl (C=O) groups excluding carboxylic acids is 1. The van der Waals surface area contributed by atoms with Crippen molar-refractivity contribution >= 4 is 23.5 Å². The molecule has 27 heavy (non-hydrogen) atoms. The van der Waals surface area contributed by atoms with E-state index in [-0.39, 0.29) is 5.56 Å². The molecule has 0 unspecified atom stereocenters. The second-order valence-corrected chi connectivity index (χ2v) is 7.69. The molecule has 0 N–H and O–H groups in total. The van der Waals surface area contributed by atoms with Gasteiger partial charge in [-0.1, -0.05) is 30.0 Å². The quantitative estimate of drug-likeness (QED) is 0.535. The minimum atomic E-state index is -1.17. The number of carboxylic acid groups (broad SMARTS) is 1. The van der Waals surface area contributed by atoms with Crippen molar-refractivity contribution in [1.29, 1.82) is 0 Å². The summed E-state index contributed by atoms with van der Waals surface area (Å²) < 4.78 is 5.27. The van der Waals surface area contributed by atoms with Gasteiger partial charge in [-0.15, -0.1) is 0 Å². The molecule has 2 heterocycles. The van der Waals surface area contributed by atoms with Crippen molar-refractivity contribution in [2.24, 2.45) is 0 Å². The number of rotatable bonds is 7. The number of ether oxygens (including phenoxy) is 1. The molecule has 1 fully saturated rings. The second-order valence-electron chi connectivity index (χ2n) is 6.75. The molecule has 1 saturated heterocycles. The molecule has 0 bridgehead atoms. The summed E-state index contributed by atoms with van der Waals surface area (Å²) in [5.41, 5.74) is 1.94. The Morgan fingerprint density at radius 2 is 2.19 bits per heavy atom. The van der Waals surface area contributed by atoms with E-state index in [9.17, 15) is 9.90 Å². The van der Waals surface area contributed by atoms with Gasteiger partial charge in [0.25, 0.3) is 0 Å². The average Bonchev–Trinajstić information content (AvgIpc) is 2.67. The molecule has 1 aliphatic heterocycles. The fraction of sp³-hybridized carbons (Fsp3) is 0.450. The normalized spacial score (nSPS) is 17.1. The fourth-order valence-electron chi connectivity index (χ4n) is 3.27. The van der Waals surface area contributed by atoms with Gasteiger partial charge in [0.1, 0.15) is 5.82 Å². The summed E-state index contributed by atoms with van der Waals surface area (Å²) in [5, 5.41) is 11.7. The van der Waals surface area contributed by atoms with E-state index < -0.39 is 5.97 Å². The standard InChI is InChI=1S/C20H25N3O3S/c1-14-6-3-4-9-23(14)18-11-17(12-26-2)21-20(22-18)27-13-15-7-5-8-16(10-15)19(24)25/h5,7-8,10-11,14H,3-4,6,9,12-13H2,1-2H3,(H,24,25)/p-1/t14-/m1/s1. The summed E-state index contributed by atoms with van der Waals surface area (Å²) in [4.78, 5) is 22.7. The van der Waals surface area contributed by atoms with E-state index in [1.165, 1.54) is 37.1 Å². The molecule has 6 nitrogen and oxygen atoms in total. The van der Waals surface area contributed by atoms with E-state index in [1.807, 2.05) is 12.1 Å². The van der Waals surface area contributed by atoms with Crippen LogP contribution < -0.4 is 10.0 Å². The largest absolute Gasteiger partial charge is 0.545 e. The molecule has 0 spiro atoms. The van der Waals surface area contributed by atoms with Crippen LogP contribution in [0.5, 0.6) is 0 Å². The van der Waals surface area contributed by atoms with Crippen LogP contribution in [-0.2, 0) is 17.1 Å². The van der Waals surface area contributed by atoms with Gasteiger partial charge in [0.05, 0.1) is 18.3 Å². The van der Waals surface area contributed by atoms with Crippen LogP contribution in [0.4, 0.5) is 5.82 Å². The van der Waals surface area contributed by atoms with Crippen molar-refractivity contribution in [3.63, 3.8) is 0 Å². The Morgan fingerprint density at radius 1 is 1.33 bits per heavy atom. The molecule has 7 heteroatoms. The molecular formula is C20H24N3O3S-. The summed E-state index contributed by atoms with van der Waals surface area (Å²) in [6, 6.07) is 9.26. The second kappa shape index (κ2) is 9.19. The number of hydrogen-bond donors (Lipinski definition) is 0. The third-order valence-corrected chi connectivity index (χ3v) is 5.58. The Kier molecular flexibility index (Phi) is 6.68. The molecular weight excluding hydrogens is 362 g/mol. The molecule has 0 saturated carbocycles. The Labute approximate surface area is 164 Å². The molecule has 1 atom stereocenters. The van der Waals surface area contributed by atoms with Crippen LogP contribution in [0.15, 0.2) is 35.5 Å². The average molecular weight is 386 g/mol. The Balaban J connectivity index is 1.79. The first kappa shape index (κ1) is 19.6. The number of piperidine rings is 1. The van der Waals surface area contributed by atoms with Crippen molar-refractivity contribution in [2.45, 2.75) is 49.7 Å². The van der Waals surface area contributed by atoms with Gasteiger partial charge in [-0.05, 0) is 43.4 Å². The highest BCUT2D eigenvalue weighted by Gasteiger charge is 2.21. The van der Waals surface area contributed by atoms with E-state index in [2.05, 4.69) is 16.8 Å². The molecule has 0 amide bonds. The summed E-state index contributed by atoms with van der Waals surface area (Å²) in [5.74, 6) is 0.365. The zero-order chi connectivity index (χ0) is 19.2. The molecule has 144 valence electrons. The van der Waals surface area contributed by atoms with Crippen LogP contribution in [0.3, 0.4) is 0 Å². The van der Waals surface area contributed by atoms with Crippen molar-refractivity contribution in [1.82, 2.24) is 9.97 Å². The molecule has 2 aromatic rings. The van der Waals surface area contributed by atoms with E-state index in [4.69, 9.17) is 9.72 Å². The SMILES string of the molecule is COCc1cc(N2CCCC[C@H]2C)nc(SCc2cccc(C(=O)[O-])c2)n1. The highest BCUT2D eigenvalue weighted by molar-refractivity contribution is 7.98. The van der Waals surface area contributed by atoms with Crippen molar-refractivity contribution in [2.75, 3.05) is 18.6 Å². The number of benzene rings is 1. The summed E-state index contributed by atoms with van der Waals surface area (Å²) >= 11 is 1.50. The van der Waals surface area contributed by atoms with Crippen LogP contribution in [0.25, 0.3) is 0 Å². The van der Waals surface area contributed by atoms with Crippen LogP contribution >= 0.6 is 11.8 Å². The van der Waals surface area contributed by atoms with Crippen LogP contribution in [0.1, 0.15) is 47.8 Å². The molecule has 3 rings (SSSR count). The van der Waals surface area contributed by atoms with Gasteiger partial charge in [-0.2, -0.15) is 0 Å². The zero-order valence-electron chi connectivity index (χ0n) is 15.7. The van der Waals surface area contributed by atoms with E-state index in [0.29, 0.717) is 23.6 Å². The van der Waals surface area contributed by atoms with Gasteiger partial charge >= 0.3 is 0 Å². The lowest BCUT2D eigenvalue weighted by Gasteiger charge is -2.34. The van der Waals surface area contributed by atoms with Crippen LogP contribution in [-0.4, -0.2) is 35.6 Å². The fourth-order valence-corrected chi connectivity index (χ4v) is 4.08. The lowest BCUT2D eigenvalue weighted by Crippen LogP contribution is -2.38. The molecule has 0 aliphatic carbocycles. The van der Waals surface area contributed by atoms with Gasteiger partial charge < -0.3 is 19.5 Å². The van der Waals surface area contributed by atoms with Crippen molar-refractivity contribution in [3.05, 3.63) is 47.2 Å². The minimum absolute atomic E-state index is 0.185. The Hall–Kier alpha value is -2.12.